The summed E-state index contributed by atoms with van der Waals surface area (Å²) in [6.45, 7) is 9.48. The molecule has 13 heteroatoms. The highest BCUT2D eigenvalue weighted by Gasteiger charge is 2.76. The molecule has 3 saturated heterocycles. The fourth-order valence-electron chi connectivity index (χ4n) is 8.13. The summed E-state index contributed by atoms with van der Waals surface area (Å²) in [6, 6.07) is 5.73. The minimum atomic E-state index is -1.43. The molecule has 3 N–H and O–H groups in total. The largest absolute Gasteiger partial charge is 0.499 e. The van der Waals surface area contributed by atoms with Crippen LogP contribution in [0.4, 0.5) is 0 Å². The molecule has 1 aromatic rings. The first-order chi connectivity index (χ1) is 25.4. The third-order valence-electron chi connectivity index (χ3n) is 10.5. The van der Waals surface area contributed by atoms with Gasteiger partial charge in [0.1, 0.15) is 42.0 Å². The van der Waals surface area contributed by atoms with Crippen LogP contribution in [0.3, 0.4) is 0 Å². The molecule has 2 bridgehead atoms. The predicted octanol–water partition coefficient (Wildman–Crippen LogP) is 4.71. The third kappa shape index (κ3) is 9.60. The second-order valence-electron chi connectivity index (χ2n) is 15.8. The normalized spacial score (nSPS) is 28.1. The molecule has 4 aliphatic rings. The Morgan fingerprint density at radius 3 is 2.45 bits per heavy atom. The van der Waals surface area contributed by atoms with Gasteiger partial charge in [0, 0.05) is 25.7 Å². The van der Waals surface area contributed by atoms with Crippen LogP contribution in [0.15, 0.2) is 30.5 Å². The number of nitrogens with one attached hydrogen (secondary N) is 1. The molecule has 0 aromatic heterocycles. The van der Waals surface area contributed by atoms with Gasteiger partial charge >= 0.3 is 11.9 Å². The van der Waals surface area contributed by atoms with Gasteiger partial charge in [0.2, 0.25) is 5.91 Å². The Morgan fingerprint density at radius 1 is 1.08 bits per heavy atom. The number of amides is 1. The van der Waals surface area contributed by atoms with E-state index in [9.17, 15) is 19.5 Å². The van der Waals surface area contributed by atoms with Crippen LogP contribution < -0.4 is 5.32 Å². The smallest absolute Gasteiger partial charge is 0.327 e. The molecule has 7 atom stereocenters. The number of hydrogen-bond acceptors (Lipinski definition) is 12. The Hall–Kier alpha value is -3.07. The fourth-order valence-corrected chi connectivity index (χ4v) is 8.13. The zero-order chi connectivity index (χ0) is 38.2. The van der Waals surface area contributed by atoms with Crippen molar-refractivity contribution in [3.63, 3.8) is 0 Å². The maximum absolute atomic E-state index is 14.8. The van der Waals surface area contributed by atoms with Crippen LogP contribution in [0.1, 0.15) is 116 Å². The molecule has 296 valence electrons. The average molecular weight is 745 g/mol. The summed E-state index contributed by atoms with van der Waals surface area (Å²) in [5.74, 6) is -2.38. The van der Waals surface area contributed by atoms with Crippen molar-refractivity contribution in [1.82, 2.24) is 10.4 Å². The van der Waals surface area contributed by atoms with Crippen LogP contribution in [0, 0.1) is 5.41 Å². The lowest BCUT2D eigenvalue weighted by atomic mass is 9.62. The minimum absolute atomic E-state index is 0.00849. The number of ether oxygens (including phenoxy) is 5. The Bertz CT molecular complexity index is 1420. The number of carbonyl (C=O) groups excluding carboxylic acids is 3. The number of fused-ring (bicyclic) bond motifs is 4. The lowest BCUT2D eigenvalue weighted by molar-refractivity contribution is -0.224. The molecule has 4 fully saturated rings. The lowest BCUT2D eigenvalue weighted by Crippen LogP contribution is -2.70. The van der Waals surface area contributed by atoms with Gasteiger partial charge in [0.25, 0.3) is 0 Å². The molecule has 53 heavy (non-hydrogen) atoms. The topological polar surface area (TPSA) is 162 Å². The standard InChI is InChI=1S/C40H60N2O11/c1-6-8-10-18-39(19-11-9-7-2)51-32-30-24-40(37(47)41-29(26-44)15-16-31(45)50-38(3,4)5)34(36(46)49-30)42(53-35(40)33(32)52-39)25-28-14-12-13-27(23-28)17-21-48-22-20-43/h12-14,17,21,23,29-30,32-35,43-44H,6-11,15-16,18-20,22,24-26H2,1-5H3,(H,41,47)/t29-,30?,32-,33-,34-,35+,40?/m0/s1. The molecule has 1 aromatic carbocycles. The highest BCUT2D eigenvalue weighted by molar-refractivity contribution is 5.93. The number of benzene rings is 1. The van der Waals surface area contributed by atoms with Crippen molar-refractivity contribution in [2.75, 3.05) is 19.8 Å². The number of aliphatic hydroxyl groups is 2. The van der Waals surface area contributed by atoms with E-state index in [1.54, 1.807) is 31.9 Å². The van der Waals surface area contributed by atoms with Gasteiger partial charge in [0.05, 0.1) is 32.1 Å². The SMILES string of the molecule is CCCCCC1(CCCCC)O[C@@H]2[C@H]3ON(Cc4cccc(C=COCCO)c4)[C@H]4C(=O)OC(CC34C(=O)N[C@H](CO)CCC(=O)OC(C)(C)C)[C@@H]2O1. The van der Waals surface area contributed by atoms with Crippen molar-refractivity contribution in [2.24, 2.45) is 5.41 Å². The molecule has 1 amide bonds. The molecular formula is C40H60N2O11. The first-order valence-electron chi connectivity index (χ1n) is 19.5. The van der Waals surface area contributed by atoms with E-state index in [0.29, 0.717) is 12.8 Å². The van der Waals surface area contributed by atoms with Crippen LogP contribution in [0.5, 0.6) is 0 Å². The Kier molecular flexibility index (Phi) is 14.0. The number of nitrogens with zero attached hydrogens (tertiary/aromatic N) is 1. The molecule has 5 rings (SSSR count). The summed E-state index contributed by atoms with van der Waals surface area (Å²) in [5, 5.41) is 23.9. The van der Waals surface area contributed by atoms with Crippen LogP contribution in [0.2, 0.25) is 0 Å². The molecule has 1 saturated carbocycles. The van der Waals surface area contributed by atoms with Gasteiger partial charge in [-0.1, -0.05) is 63.8 Å². The van der Waals surface area contributed by atoms with Crippen molar-refractivity contribution in [3.05, 3.63) is 41.7 Å². The molecule has 13 nitrogen and oxygen atoms in total. The maximum atomic E-state index is 14.8. The minimum Gasteiger partial charge on any atom is -0.499 e. The lowest BCUT2D eigenvalue weighted by Gasteiger charge is -2.49. The van der Waals surface area contributed by atoms with Gasteiger partial charge in [-0.3, -0.25) is 19.2 Å². The van der Waals surface area contributed by atoms with E-state index in [1.165, 1.54) is 6.26 Å². The number of unbranched alkanes of at least 4 members (excludes halogenated alkanes) is 4. The summed E-state index contributed by atoms with van der Waals surface area (Å²) in [7, 11) is 0. The monoisotopic (exact) mass is 744 g/mol. The number of hydroxylamine groups is 2. The third-order valence-corrected chi connectivity index (χ3v) is 10.5. The second-order valence-corrected chi connectivity index (χ2v) is 15.8. The Labute approximate surface area is 313 Å². The van der Waals surface area contributed by atoms with Crippen molar-refractivity contribution < 1.29 is 53.1 Å². The van der Waals surface area contributed by atoms with E-state index < -0.39 is 77.8 Å². The number of rotatable bonds is 20. The number of esters is 2. The zero-order valence-corrected chi connectivity index (χ0v) is 32.1. The molecule has 2 unspecified atom stereocenters. The van der Waals surface area contributed by atoms with E-state index in [0.717, 1.165) is 49.7 Å². The van der Waals surface area contributed by atoms with Gasteiger partial charge in [0.15, 0.2) is 11.8 Å². The van der Waals surface area contributed by atoms with E-state index >= 15 is 0 Å². The van der Waals surface area contributed by atoms with Crippen molar-refractivity contribution in [1.29, 1.82) is 0 Å². The van der Waals surface area contributed by atoms with E-state index in [2.05, 4.69) is 19.2 Å². The first-order valence-corrected chi connectivity index (χ1v) is 19.5. The van der Waals surface area contributed by atoms with E-state index in [-0.39, 0.29) is 39.0 Å². The molecule has 0 spiro atoms. The summed E-state index contributed by atoms with van der Waals surface area (Å²) in [6.07, 6.45) is 7.91. The summed E-state index contributed by atoms with van der Waals surface area (Å²) >= 11 is 0. The maximum Gasteiger partial charge on any atom is 0.327 e. The zero-order valence-electron chi connectivity index (χ0n) is 32.1. The fraction of sp³-hybridized carbons (Fsp3) is 0.725. The number of aliphatic hydroxyl groups excluding tert-OH is 2. The van der Waals surface area contributed by atoms with Gasteiger partial charge in [-0.05, 0) is 57.2 Å². The predicted molar refractivity (Wildman–Crippen MR) is 195 cm³/mol. The first kappa shape index (κ1) is 41.1. The van der Waals surface area contributed by atoms with Crippen LogP contribution >= 0.6 is 0 Å². The quantitative estimate of drug-likeness (QED) is 0.0960. The molecule has 1 aliphatic carbocycles. The van der Waals surface area contributed by atoms with Crippen LogP contribution in [-0.4, -0.2) is 101 Å². The molecular weight excluding hydrogens is 684 g/mol. The number of hydrogen-bond donors (Lipinski definition) is 3. The van der Waals surface area contributed by atoms with Crippen LogP contribution in [-0.2, 0) is 49.5 Å². The average Bonchev–Trinajstić information content (AvgIpc) is 3.66. The Morgan fingerprint density at radius 2 is 1.79 bits per heavy atom. The van der Waals surface area contributed by atoms with Gasteiger partial charge in [-0.2, -0.15) is 5.06 Å². The Balaban J connectivity index is 1.46. The van der Waals surface area contributed by atoms with Gasteiger partial charge < -0.3 is 39.2 Å². The van der Waals surface area contributed by atoms with Crippen molar-refractivity contribution in [3.8, 4) is 0 Å². The van der Waals surface area contributed by atoms with Gasteiger partial charge in [-0.15, -0.1) is 0 Å². The van der Waals surface area contributed by atoms with Gasteiger partial charge in [-0.25, -0.2) is 0 Å². The van der Waals surface area contributed by atoms with E-state index in [1.807, 2.05) is 24.3 Å². The highest BCUT2D eigenvalue weighted by atomic mass is 16.8. The van der Waals surface area contributed by atoms with E-state index in [4.69, 9.17) is 33.6 Å². The van der Waals surface area contributed by atoms with Crippen LogP contribution in [0.25, 0.3) is 6.08 Å². The van der Waals surface area contributed by atoms with Crippen molar-refractivity contribution >= 4 is 23.9 Å². The second kappa shape index (κ2) is 18.0. The molecule has 3 aliphatic heterocycles. The van der Waals surface area contributed by atoms with Crippen molar-refractivity contribution in [2.45, 2.75) is 160 Å². The number of carbonyl (C=O) groups is 3. The summed E-state index contributed by atoms with van der Waals surface area (Å²) < 4.78 is 30.7. The summed E-state index contributed by atoms with van der Waals surface area (Å²) in [5.41, 5.74) is -0.442. The molecule has 3 heterocycles. The highest BCUT2D eigenvalue weighted by Crippen LogP contribution is 2.58. The summed E-state index contributed by atoms with van der Waals surface area (Å²) in [4.78, 5) is 48.2. The molecule has 0 radical (unpaired) electrons.